The van der Waals surface area contributed by atoms with E-state index in [1.807, 2.05) is 41.5 Å². The van der Waals surface area contributed by atoms with Crippen molar-refractivity contribution < 1.29 is 23.9 Å². The molecule has 5 nitrogen and oxygen atoms in total. The molecule has 0 aliphatic carbocycles. The zero-order chi connectivity index (χ0) is 15.3. The lowest BCUT2D eigenvalue weighted by molar-refractivity contribution is -0.184. The standard InChI is InChI=1S/2C5H8O2.C4H8O/c1-5(2)3-7-4(5)6;1-5(2)3-4(6)7-5;1-4(2)3-5/h2*3H2,1-2H3;3-4H,1-2H3. The van der Waals surface area contributed by atoms with Gasteiger partial charge in [0.2, 0.25) is 0 Å². The van der Waals surface area contributed by atoms with Crippen LogP contribution in [0.5, 0.6) is 0 Å². The Morgan fingerprint density at radius 1 is 1.16 bits per heavy atom. The van der Waals surface area contributed by atoms with Crippen molar-refractivity contribution in [2.24, 2.45) is 11.3 Å². The second kappa shape index (κ2) is 6.68. The molecule has 2 saturated heterocycles. The maximum absolute atomic E-state index is 10.3. The van der Waals surface area contributed by atoms with Gasteiger partial charge in [-0.05, 0) is 27.7 Å². The highest BCUT2D eigenvalue weighted by Crippen LogP contribution is 2.26. The van der Waals surface area contributed by atoms with Crippen LogP contribution < -0.4 is 0 Å². The average Bonchev–Trinajstić information content (AvgIpc) is 2.26. The minimum absolute atomic E-state index is 0.0764. The molecule has 2 aliphatic heterocycles. The lowest BCUT2D eigenvalue weighted by Crippen LogP contribution is -2.42. The van der Waals surface area contributed by atoms with E-state index in [0.29, 0.717) is 13.0 Å². The van der Waals surface area contributed by atoms with Crippen LogP contribution in [0.3, 0.4) is 0 Å². The van der Waals surface area contributed by atoms with Gasteiger partial charge in [-0.25, -0.2) is 0 Å². The van der Waals surface area contributed by atoms with E-state index in [1.54, 1.807) is 0 Å². The summed E-state index contributed by atoms with van der Waals surface area (Å²) in [5, 5.41) is 0. The Balaban J connectivity index is 0.000000261. The van der Waals surface area contributed by atoms with Gasteiger partial charge in [-0.15, -0.1) is 0 Å². The predicted octanol–water partition coefficient (Wildman–Crippen LogP) is 2.12. The third kappa shape index (κ3) is 6.94. The first-order valence-electron chi connectivity index (χ1n) is 6.34. The maximum Gasteiger partial charge on any atom is 0.315 e. The van der Waals surface area contributed by atoms with E-state index in [1.165, 1.54) is 0 Å². The third-order valence-corrected chi connectivity index (χ3v) is 2.35. The fraction of sp³-hybridized carbons (Fsp3) is 0.786. The molecule has 0 aromatic rings. The molecule has 5 heteroatoms. The topological polar surface area (TPSA) is 69.7 Å². The highest BCUT2D eigenvalue weighted by atomic mass is 16.6. The van der Waals surface area contributed by atoms with E-state index in [2.05, 4.69) is 9.47 Å². The van der Waals surface area contributed by atoms with E-state index >= 15 is 0 Å². The molecule has 0 saturated carbocycles. The molecule has 2 rings (SSSR count). The summed E-state index contributed by atoms with van der Waals surface area (Å²) < 4.78 is 9.19. The number of hydrogen-bond donors (Lipinski definition) is 0. The highest BCUT2D eigenvalue weighted by molar-refractivity contribution is 5.80. The minimum Gasteiger partial charge on any atom is -0.464 e. The maximum atomic E-state index is 10.3. The van der Waals surface area contributed by atoms with Crippen molar-refractivity contribution in [3.8, 4) is 0 Å². The van der Waals surface area contributed by atoms with Crippen molar-refractivity contribution in [2.75, 3.05) is 6.61 Å². The molecule has 0 spiro atoms. The van der Waals surface area contributed by atoms with Gasteiger partial charge in [-0.1, -0.05) is 13.8 Å². The van der Waals surface area contributed by atoms with Crippen molar-refractivity contribution >= 4 is 18.2 Å². The van der Waals surface area contributed by atoms with E-state index in [-0.39, 0.29) is 28.9 Å². The molecule has 0 radical (unpaired) electrons. The van der Waals surface area contributed by atoms with Gasteiger partial charge in [0.25, 0.3) is 0 Å². The molecular weight excluding hydrogens is 248 g/mol. The van der Waals surface area contributed by atoms with Gasteiger partial charge in [-0.3, -0.25) is 9.59 Å². The number of aldehydes is 1. The first-order valence-corrected chi connectivity index (χ1v) is 6.34. The van der Waals surface area contributed by atoms with Crippen molar-refractivity contribution in [1.29, 1.82) is 0 Å². The predicted molar refractivity (Wildman–Crippen MR) is 70.4 cm³/mol. The van der Waals surface area contributed by atoms with Gasteiger partial charge in [-0.2, -0.15) is 0 Å². The van der Waals surface area contributed by atoms with Gasteiger partial charge in [0.05, 0.1) is 11.8 Å². The summed E-state index contributed by atoms with van der Waals surface area (Å²) in [7, 11) is 0. The second-order valence-electron chi connectivity index (χ2n) is 6.25. The van der Waals surface area contributed by atoms with Crippen molar-refractivity contribution in [2.45, 2.75) is 53.6 Å². The zero-order valence-corrected chi connectivity index (χ0v) is 12.6. The molecule has 0 unspecified atom stereocenters. The molecular formula is C14H24O5. The van der Waals surface area contributed by atoms with Crippen LogP contribution in [0.2, 0.25) is 0 Å². The van der Waals surface area contributed by atoms with E-state index in [4.69, 9.17) is 0 Å². The van der Waals surface area contributed by atoms with Gasteiger partial charge in [0.1, 0.15) is 18.5 Å². The molecule has 2 fully saturated rings. The smallest absolute Gasteiger partial charge is 0.315 e. The SMILES string of the molecule is CC(C)C=O.CC1(C)CC(=O)O1.CC1(C)COC1=O. The molecule has 0 N–H and O–H groups in total. The van der Waals surface area contributed by atoms with Crippen LogP contribution in [0.15, 0.2) is 0 Å². The first kappa shape index (κ1) is 17.6. The molecule has 0 amide bonds. The fourth-order valence-corrected chi connectivity index (χ4v) is 1.07. The molecule has 19 heavy (non-hydrogen) atoms. The van der Waals surface area contributed by atoms with Crippen LogP contribution in [-0.2, 0) is 23.9 Å². The Kier molecular flexibility index (Phi) is 6.19. The molecule has 0 aromatic carbocycles. The van der Waals surface area contributed by atoms with Crippen LogP contribution in [0.4, 0.5) is 0 Å². The summed E-state index contributed by atoms with van der Waals surface area (Å²) in [6.45, 7) is 11.8. The molecule has 0 bridgehead atoms. The summed E-state index contributed by atoms with van der Waals surface area (Å²) in [5.41, 5.74) is -0.336. The van der Waals surface area contributed by atoms with Gasteiger partial charge in [0, 0.05) is 5.92 Å². The Morgan fingerprint density at radius 3 is 1.53 bits per heavy atom. The minimum atomic E-state index is -0.181. The summed E-state index contributed by atoms with van der Waals surface area (Å²) >= 11 is 0. The van der Waals surface area contributed by atoms with Crippen LogP contribution in [0, 0.1) is 11.3 Å². The quantitative estimate of drug-likeness (QED) is 0.540. The average molecular weight is 272 g/mol. The first-order chi connectivity index (χ1) is 8.50. The van der Waals surface area contributed by atoms with E-state index in [9.17, 15) is 14.4 Å². The second-order valence-corrected chi connectivity index (χ2v) is 6.25. The lowest BCUT2D eigenvalue weighted by atomic mass is 9.91. The summed E-state index contributed by atoms with van der Waals surface area (Å²) in [4.78, 5) is 29.9. The Bertz CT molecular complexity index is 332. The number of ether oxygens (including phenoxy) is 2. The largest absolute Gasteiger partial charge is 0.464 e. The number of carbonyl (C=O) groups excluding carboxylic acids is 3. The molecule has 0 atom stereocenters. The monoisotopic (exact) mass is 272 g/mol. The zero-order valence-electron chi connectivity index (χ0n) is 12.6. The normalized spacial score (nSPS) is 21.2. The molecule has 0 aromatic heterocycles. The number of rotatable bonds is 1. The van der Waals surface area contributed by atoms with E-state index < -0.39 is 0 Å². The summed E-state index contributed by atoms with van der Waals surface area (Å²) in [6.07, 6.45) is 1.49. The van der Waals surface area contributed by atoms with Crippen molar-refractivity contribution in [3.05, 3.63) is 0 Å². The van der Waals surface area contributed by atoms with Crippen LogP contribution >= 0.6 is 0 Å². The third-order valence-electron chi connectivity index (χ3n) is 2.35. The van der Waals surface area contributed by atoms with Crippen LogP contribution in [0.25, 0.3) is 0 Å². The molecule has 2 heterocycles. The fourth-order valence-electron chi connectivity index (χ4n) is 1.07. The number of cyclic esters (lactones) is 2. The van der Waals surface area contributed by atoms with Crippen molar-refractivity contribution in [3.63, 3.8) is 0 Å². The van der Waals surface area contributed by atoms with Crippen LogP contribution in [0.1, 0.15) is 48.0 Å². The molecule has 110 valence electrons. The van der Waals surface area contributed by atoms with Crippen molar-refractivity contribution in [1.82, 2.24) is 0 Å². The Morgan fingerprint density at radius 2 is 1.53 bits per heavy atom. The number of carbonyl (C=O) groups is 3. The number of esters is 2. The van der Waals surface area contributed by atoms with Gasteiger partial charge < -0.3 is 14.3 Å². The number of hydrogen-bond acceptors (Lipinski definition) is 5. The Hall–Kier alpha value is -1.39. The van der Waals surface area contributed by atoms with Crippen LogP contribution in [-0.4, -0.2) is 30.4 Å². The van der Waals surface area contributed by atoms with Gasteiger partial charge >= 0.3 is 11.9 Å². The van der Waals surface area contributed by atoms with E-state index in [0.717, 1.165) is 6.29 Å². The summed E-state index contributed by atoms with van der Waals surface area (Å²) in [6, 6.07) is 0. The summed E-state index contributed by atoms with van der Waals surface area (Å²) in [5.74, 6) is 0.0486. The lowest BCUT2D eigenvalue weighted by Gasteiger charge is -2.32. The molecule has 2 aliphatic rings. The Labute approximate surface area is 114 Å². The highest BCUT2D eigenvalue weighted by Gasteiger charge is 2.39. The van der Waals surface area contributed by atoms with Gasteiger partial charge in [0.15, 0.2) is 0 Å².